The molecule has 80 valence electrons. The molecule has 0 bridgehead atoms. The van der Waals surface area contributed by atoms with Gasteiger partial charge in [-0.25, -0.2) is 0 Å². The van der Waals surface area contributed by atoms with Gasteiger partial charge in [0.05, 0.1) is 6.10 Å². The molecule has 0 aromatic heterocycles. The molecule has 0 fully saturated rings. The number of aliphatic hydroxyl groups excluding tert-OH is 1. The summed E-state index contributed by atoms with van der Waals surface area (Å²) in [6.45, 7) is 2.60. The van der Waals surface area contributed by atoms with Gasteiger partial charge in [0.1, 0.15) is 0 Å². The van der Waals surface area contributed by atoms with Crippen LogP contribution in [-0.2, 0) is 4.74 Å². The first kappa shape index (κ1) is 12.7. The van der Waals surface area contributed by atoms with Crippen molar-refractivity contribution in [3.8, 4) is 0 Å². The van der Waals surface area contributed by atoms with Crippen molar-refractivity contribution in [1.82, 2.24) is 0 Å². The van der Waals surface area contributed by atoms with Crippen LogP contribution in [0.1, 0.15) is 26.7 Å². The Morgan fingerprint density at radius 2 is 1.85 bits per heavy atom. The second-order valence-corrected chi connectivity index (χ2v) is 3.05. The summed E-state index contributed by atoms with van der Waals surface area (Å²) in [6.07, 6.45) is -5.58. The van der Waals surface area contributed by atoms with Crippen LogP contribution in [0.2, 0.25) is 0 Å². The summed E-state index contributed by atoms with van der Waals surface area (Å²) in [5.74, 6) is 0. The zero-order chi connectivity index (χ0) is 10.5. The van der Waals surface area contributed by atoms with E-state index in [2.05, 4.69) is 4.74 Å². The smallest absolute Gasteiger partial charge is 0.393 e. The van der Waals surface area contributed by atoms with Crippen molar-refractivity contribution in [3.63, 3.8) is 0 Å². The van der Waals surface area contributed by atoms with Crippen LogP contribution < -0.4 is 0 Å². The lowest BCUT2D eigenvalue weighted by Gasteiger charge is -2.16. The van der Waals surface area contributed by atoms with Gasteiger partial charge >= 0.3 is 6.18 Å². The van der Waals surface area contributed by atoms with Crippen molar-refractivity contribution in [1.29, 1.82) is 0 Å². The number of halogens is 3. The number of aliphatic hydroxyl groups is 1. The number of hydrogen-bond donors (Lipinski definition) is 1. The Kier molecular flexibility index (Phi) is 5.32. The first-order chi connectivity index (χ1) is 5.84. The molecule has 2 atom stereocenters. The van der Waals surface area contributed by atoms with Gasteiger partial charge in [0.15, 0.2) is 6.10 Å². The Morgan fingerprint density at radius 3 is 2.23 bits per heavy atom. The number of hydrogen-bond acceptors (Lipinski definition) is 2. The highest BCUT2D eigenvalue weighted by molar-refractivity contribution is 4.60. The predicted octanol–water partition coefficient (Wildman–Crippen LogP) is 2.11. The molecule has 13 heavy (non-hydrogen) atoms. The minimum Gasteiger partial charge on any atom is -0.393 e. The van der Waals surface area contributed by atoms with E-state index >= 15 is 0 Å². The molecule has 0 heterocycles. The van der Waals surface area contributed by atoms with E-state index in [1.807, 2.05) is 0 Å². The third-order valence-corrected chi connectivity index (χ3v) is 1.60. The van der Waals surface area contributed by atoms with Crippen molar-refractivity contribution >= 4 is 0 Å². The van der Waals surface area contributed by atoms with Gasteiger partial charge in [-0.3, -0.25) is 0 Å². The molecule has 0 amide bonds. The lowest BCUT2D eigenvalue weighted by Crippen LogP contribution is -2.28. The first-order valence-corrected chi connectivity index (χ1v) is 4.20. The van der Waals surface area contributed by atoms with Crippen LogP contribution in [-0.4, -0.2) is 30.1 Å². The van der Waals surface area contributed by atoms with E-state index in [-0.39, 0.29) is 6.61 Å². The second kappa shape index (κ2) is 5.44. The summed E-state index contributed by atoms with van der Waals surface area (Å²) in [4.78, 5) is 0. The highest BCUT2D eigenvalue weighted by atomic mass is 19.4. The van der Waals surface area contributed by atoms with Crippen molar-refractivity contribution in [3.05, 3.63) is 0 Å². The maximum Gasteiger partial charge on any atom is 0.414 e. The number of ether oxygens (including phenoxy) is 1. The minimum absolute atomic E-state index is 0.0333. The molecule has 0 aliphatic heterocycles. The molecule has 1 N–H and O–H groups in total. The minimum atomic E-state index is -4.29. The normalized spacial score (nSPS) is 17.1. The van der Waals surface area contributed by atoms with E-state index in [1.54, 1.807) is 6.92 Å². The summed E-state index contributed by atoms with van der Waals surface area (Å²) in [5, 5.41) is 8.80. The van der Waals surface area contributed by atoms with Crippen molar-refractivity contribution in [2.45, 2.75) is 45.1 Å². The van der Waals surface area contributed by atoms with Crippen LogP contribution in [0, 0.1) is 0 Å². The van der Waals surface area contributed by atoms with Crippen molar-refractivity contribution in [2.24, 2.45) is 0 Å². The van der Waals surface area contributed by atoms with Crippen LogP contribution in [0.5, 0.6) is 0 Å². The molecule has 0 aliphatic rings. The van der Waals surface area contributed by atoms with Gasteiger partial charge in [0, 0.05) is 6.61 Å². The SMILES string of the molecule is CC(O)CCCOC(C)C(F)(F)F. The highest BCUT2D eigenvalue weighted by Crippen LogP contribution is 2.22. The highest BCUT2D eigenvalue weighted by Gasteiger charge is 2.36. The standard InChI is InChI=1S/C8H15F3O2/c1-6(12)4-3-5-13-7(2)8(9,10)11/h6-7,12H,3-5H2,1-2H3. The van der Waals surface area contributed by atoms with E-state index < -0.39 is 18.4 Å². The molecule has 5 heteroatoms. The van der Waals surface area contributed by atoms with E-state index in [1.165, 1.54) is 0 Å². The molecule has 0 saturated carbocycles. The Hall–Kier alpha value is -0.290. The first-order valence-electron chi connectivity index (χ1n) is 4.20. The molecule has 0 aromatic rings. The van der Waals surface area contributed by atoms with Gasteiger partial charge in [0.2, 0.25) is 0 Å². The van der Waals surface area contributed by atoms with Gasteiger partial charge in [-0.05, 0) is 26.7 Å². The molecular formula is C8H15F3O2. The summed E-state index contributed by atoms with van der Waals surface area (Å²) >= 11 is 0. The zero-order valence-electron chi connectivity index (χ0n) is 7.77. The molecule has 2 unspecified atom stereocenters. The van der Waals surface area contributed by atoms with Crippen LogP contribution in [0.15, 0.2) is 0 Å². The Bertz CT molecular complexity index is 134. The predicted molar refractivity (Wildman–Crippen MR) is 42.4 cm³/mol. The summed E-state index contributed by atoms with van der Waals surface area (Å²) in [6, 6.07) is 0. The molecule has 2 nitrogen and oxygen atoms in total. The third kappa shape index (κ3) is 6.83. The fourth-order valence-electron chi connectivity index (χ4n) is 0.733. The average molecular weight is 200 g/mol. The van der Waals surface area contributed by atoms with Gasteiger partial charge in [-0.1, -0.05) is 0 Å². The molecular weight excluding hydrogens is 185 g/mol. The summed E-state index contributed by atoms with van der Waals surface area (Å²) in [7, 11) is 0. The molecule has 0 aliphatic carbocycles. The summed E-state index contributed by atoms with van der Waals surface area (Å²) in [5.41, 5.74) is 0. The van der Waals surface area contributed by atoms with Crippen LogP contribution in [0.25, 0.3) is 0 Å². The topological polar surface area (TPSA) is 29.5 Å². The molecule has 0 radical (unpaired) electrons. The third-order valence-electron chi connectivity index (χ3n) is 1.60. The van der Waals surface area contributed by atoms with Crippen molar-refractivity contribution in [2.75, 3.05) is 6.61 Å². The Morgan fingerprint density at radius 1 is 1.31 bits per heavy atom. The largest absolute Gasteiger partial charge is 0.414 e. The van der Waals surface area contributed by atoms with Gasteiger partial charge < -0.3 is 9.84 Å². The van der Waals surface area contributed by atoms with E-state index in [4.69, 9.17) is 5.11 Å². The van der Waals surface area contributed by atoms with Crippen LogP contribution >= 0.6 is 0 Å². The maximum absolute atomic E-state index is 11.9. The van der Waals surface area contributed by atoms with Gasteiger partial charge in [0.25, 0.3) is 0 Å². The van der Waals surface area contributed by atoms with E-state index in [0.29, 0.717) is 12.8 Å². The van der Waals surface area contributed by atoms with Crippen LogP contribution in [0.4, 0.5) is 13.2 Å². The van der Waals surface area contributed by atoms with E-state index in [0.717, 1.165) is 6.92 Å². The average Bonchev–Trinajstić information content (AvgIpc) is 1.95. The lowest BCUT2D eigenvalue weighted by atomic mass is 10.2. The number of alkyl halides is 3. The van der Waals surface area contributed by atoms with Crippen LogP contribution in [0.3, 0.4) is 0 Å². The zero-order valence-corrected chi connectivity index (χ0v) is 7.77. The molecule has 0 saturated heterocycles. The van der Waals surface area contributed by atoms with Gasteiger partial charge in [-0.15, -0.1) is 0 Å². The molecule has 0 aromatic carbocycles. The Balaban J connectivity index is 3.43. The molecule has 0 rings (SSSR count). The quantitative estimate of drug-likeness (QED) is 0.689. The second-order valence-electron chi connectivity index (χ2n) is 3.05. The fourth-order valence-corrected chi connectivity index (χ4v) is 0.733. The van der Waals surface area contributed by atoms with Gasteiger partial charge in [-0.2, -0.15) is 13.2 Å². The maximum atomic E-state index is 11.9. The lowest BCUT2D eigenvalue weighted by molar-refractivity contribution is -0.214. The molecule has 0 spiro atoms. The van der Waals surface area contributed by atoms with E-state index in [9.17, 15) is 13.2 Å². The van der Waals surface area contributed by atoms with Crippen molar-refractivity contribution < 1.29 is 23.0 Å². The number of rotatable bonds is 5. The monoisotopic (exact) mass is 200 g/mol. The summed E-state index contributed by atoms with van der Waals surface area (Å²) < 4.78 is 40.1. The fraction of sp³-hybridized carbons (Fsp3) is 1.00. The Labute approximate surface area is 75.7 Å².